The topological polar surface area (TPSA) is 68.0 Å². The van der Waals surface area contributed by atoms with E-state index >= 15 is 0 Å². The van der Waals surface area contributed by atoms with E-state index in [1.807, 2.05) is 13.0 Å². The van der Waals surface area contributed by atoms with Gasteiger partial charge >= 0.3 is 5.97 Å². The van der Waals surface area contributed by atoms with Crippen molar-refractivity contribution in [2.24, 2.45) is 0 Å². The van der Waals surface area contributed by atoms with E-state index in [4.69, 9.17) is 5.11 Å². The highest BCUT2D eigenvalue weighted by Gasteiger charge is 2.13. The van der Waals surface area contributed by atoms with E-state index in [-0.39, 0.29) is 5.56 Å². The number of hydrogen-bond acceptors (Lipinski definition) is 3. The van der Waals surface area contributed by atoms with Gasteiger partial charge in [-0.25, -0.2) is 14.5 Å². The molecule has 0 aliphatic rings. The minimum Gasteiger partial charge on any atom is -0.478 e. The van der Waals surface area contributed by atoms with Crippen molar-refractivity contribution in [1.82, 2.24) is 14.8 Å². The van der Waals surface area contributed by atoms with Crippen LogP contribution in [0.3, 0.4) is 0 Å². The van der Waals surface area contributed by atoms with Crippen LogP contribution in [-0.2, 0) is 0 Å². The number of aryl methyl sites for hydroxylation is 2. The number of rotatable bonds is 2. The molecular formula is C11H10BrN3O2. The molecule has 0 bridgehead atoms. The van der Waals surface area contributed by atoms with Crippen molar-refractivity contribution in [3.05, 3.63) is 39.8 Å². The normalized spacial score (nSPS) is 10.5. The maximum absolute atomic E-state index is 10.9. The van der Waals surface area contributed by atoms with Crippen LogP contribution in [0.4, 0.5) is 0 Å². The van der Waals surface area contributed by atoms with E-state index in [0.717, 1.165) is 10.2 Å². The van der Waals surface area contributed by atoms with Gasteiger partial charge in [0.1, 0.15) is 5.56 Å². The van der Waals surface area contributed by atoms with Gasteiger partial charge in [-0.05, 0) is 41.9 Å². The Morgan fingerprint density at radius 3 is 2.59 bits per heavy atom. The number of carboxylic acids is 1. The summed E-state index contributed by atoms with van der Waals surface area (Å²) >= 11 is 3.36. The minimum absolute atomic E-state index is 0.187. The molecule has 0 radical (unpaired) electrons. The second kappa shape index (κ2) is 4.29. The molecule has 88 valence electrons. The van der Waals surface area contributed by atoms with Crippen molar-refractivity contribution in [1.29, 1.82) is 0 Å². The maximum Gasteiger partial charge on any atom is 0.339 e. The molecule has 2 aromatic rings. The fourth-order valence-corrected chi connectivity index (χ4v) is 1.67. The fraction of sp³-hybridized carbons (Fsp3) is 0.182. The first-order valence-electron chi connectivity index (χ1n) is 4.92. The van der Waals surface area contributed by atoms with Crippen molar-refractivity contribution in [2.75, 3.05) is 0 Å². The molecule has 0 aromatic carbocycles. The van der Waals surface area contributed by atoms with Crippen LogP contribution in [0.15, 0.2) is 22.8 Å². The van der Waals surface area contributed by atoms with Crippen molar-refractivity contribution in [3.63, 3.8) is 0 Å². The Hall–Kier alpha value is -1.69. The van der Waals surface area contributed by atoms with Crippen molar-refractivity contribution in [3.8, 4) is 5.82 Å². The molecular weight excluding hydrogens is 286 g/mol. The predicted molar refractivity (Wildman–Crippen MR) is 65.5 cm³/mol. The van der Waals surface area contributed by atoms with Gasteiger partial charge < -0.3 is 5.11 Å². The zero-order valence-corrected chi connectivity index (χ0v) is 10.9. The summed E-state index contributed by atoms with van der Waals surface area (Å²) in [4.78, 5) is 15.2. The number of nitrogens with zero attached hydrogens (tertiary/aromatic N) is 3. The van der Waals surface area contributed by atoms with E-state index in [1.54, 1.807) is 13.0 Å². The Morgan fingerprint density at radius 1 is 1.35 bits per heavy atom. The first-order valence-corrected chi connectivity index (χ1v) is 5.71. The van der Waals surface area contributed by atoms with Crippen LogP contribution in [0.2, 0.25) is 0 Å². The Balaban J connectivity index is 2.50. The molecule has 2 heterocycles. The molecule has 0 unspecified atom stereocenters. The molecule has 6 heteroatoms. The molecule has 17 heavy (non-hydrogen) atoms. The first kappa shape index (κ1) is 11.8. The van der Waals surface area contributed by atoms with Gasteiger partial charge in [-0.3, -0.25) is 0 Å². The summed E-state index contributed by atoms with van der Waals surface area (Å²) in [6.07, 6.45) is 1.47. The summed E-state index contributed by atoms with van der Waals surface area (Å²) in [6.45, 7) is 3.52. The maximum atomic E-state index is 10.9. The first-order chi connectivity index (χ1) is 7.99. The number of aromatic carboxylic acids is 1. The molecule has 0 saturated heterocycles. The lowest BCUT2D eigenvalue weighted by atomic mass is 10.3. The Bertz CT molecular complexity index is 592. The minimum atomic E-state index is -0.984. The molecule has 0 atom stereocenters. The summed E-state index contributed by atoms with van der Waals surface area (Å²) in [5.41, 5.74) is 1.49. The lowest BCUT2D eigenvalue weighted by Gasteiger charge is -2.02. The third-order valence-electron chi connectivity index (χ3n) is 2.37. The lowest BCUT2D eigenvalue weighted by Crippen LogP contribution is -1.99. The molecule has 0 aliphatic heterocycles. The lowest BCUT2D eigenvalue weighted by molar-refractivity contribution is 0.0696. The standard InChI is InChI=1S/C11H10BrN3O2/c1-6-8(11(16)17)5-15(14-6)10-4-3-9(12)7(2)13-10/h3-5H,1-2H3,(H,16,17). The number of pyridine rings is 1. The van der Waals surface area contributed by atoms with E-state index < -0.39 is 5.97 Å². The van der Waals surface area contributed by atoms with Crippen molar-refractivity contribution < 1.29 is 9.90 Å². The van der Waals surface area contributed by atoms with Crippen LogP contribution in [0, 0.1) is 13.8 Å². The number of halogens is 1. The molecule has 0 aliphatic carbocycles. The zero-order chi connectivity index (χ0) is 12.6. The summed E-state index contributed by atoms with van der Waals surface area (Å²) in [5.74, 6) is -0.385. The number of aromatic nitrogens is 3. The number of carbonyl (C=O) groups is 1. The third kappa shape index (κ3) is 2.21. The van der Waals surface area contributed by atoms with Gasteiger partial charge in [0.2, 0.25) is 0 Å². The average Bonchev–Trinajstić information content (AvgIpc) is 2.64. The predicted octanol–water partition coefficient (Wildman–Crippen LogP) is 2.34. The van der Waals surface area contributed by atoms with Gasteiger partial charge in [-0.1, -0.05) is 0 Å². The van der Waals surface area contributed by atoms with Gasteiger partial charge in [-0.2, -0.15) is 5.10 Å². The largest absolute Gasteiger partial charge is 0.478 e. The van der Waals surface area contributed by atoms with Crippen LogP contribution in [0.25, 0.3) is 5.82 Å². The number of hydrogen-bond donors (Lipinski definition) is 1. The Kier molecular flexibility index (Phi) is 2.97. The summed E-state index contributed by atoms with van der Waals surface area (Å²) in [5, 5.41) is 13.1. The molecule has 2 aromatic heterocycles. The fourth-order valence-electron chi connectivity index (χ4n) is 1.45. The smallest absolute Gasteiger partial charge is 0.339 e. The van der Waals surface area contributed by atoms with Gasteiger partial charge in [0.15, 0.2) is 5.82 Å². The molecule has 2 rings (SSSR count). The van der Waals surface area contributed by atoms with Crippen LogP contribution < -0.4 is 0 Å². The SMILES string of the molecule is Cc1nc(-n2cc(C(=O)O)c(C)n2)ccc1Br. The Morgan fingerprint density at radius 2 is 2.06 bits per heavy atom. The van der Waals surface area contributed by atoms with Crippen molar-refractivity contribution in [2.45, 2.75) is 13.8 Å². The summed E-state index contributed by atoms with van der Waals surface area (Å²) in [6, 6.07) is 3.63. The molecule has 0 amide bonds. The second-order valence-electron chi connectivity index (χ2n) is 3.61. The van der Waals surface area contributed by atoms with E-state index in [2.05, 4.69) is 26.0 Å². The van der Waals surface area contributed by atoms with E-state index in [0.29, 0.717) is 11.5 Å². The van der Waals surface area contributed by atoms with Crippen LogP contribution in [0.5, 0.6) is 0 Å². The Labute approximate surface area is 106 Å². The van der Waals surface area contributed by atoms with Crippen LogP contribution in [0.1, 0.15) is 21.7 Å². The summed E-state index contributed by atoms with van der Waals surface area (Å²) < 4.78 is 2.38. The molecule has 0 spiro atoms. The van der Waals surface area contributed by atoms with Gasteiger partial charge in [0.25, 0.3) is 0 Å². The quantitative estimate of drug-likeness (QED) is 0.923. The third-order valence-corrected chi connectivity index (χ3v) is 3.21. The highest BCUT2D eigenvalue weighted by Crippen LogP contribution is 2.16. The average molecular weight is 296 g/mol. The molecule has 0 saturated carbocycles. The van der Waals surface area contributed by atoms with Crippen molar-refractivity contribution >= 4 is 21.9 Å². The van der Waals surface area contributed by atoms with Crippen LogP contribution in [-0.4, -0.2) is 25.8 Å². The van der Waals surface area contributed by atoms with E-state index in [9.17, 15) is 4.79 Å². The highest BCUT2D eigenvalue weighted by atomic mass is 79.9. The molecule has 1 N–H and O–H groups in total. The monoisotopic (exact) mass is 295 g/mol. The molecule has 5 nitrogen and oxygen atoms in total. The zero-order valence-electron chi connectivity index (χ0n) is 9.31. The highest BCUT2D eigenvalue weighted by molar-refractivity contribution is 9.10. The summed E-state index contributed by atoms with van der Waals surface area (Å²) in [7, 11) is 0. The van der Waals surface area contributed by atoms with Gasteiger partial charge in [0.05, 0.1) is 11.4 Å². The molecule has 0 fully saturated rings. The van der Waals surface area contributed by atoms with Gasteiger partial charge in [-0.15, -0.1) is 0 Å². The van der Waals surface area contributed by atoms with Crippen LogP contribution >= 0.6 is 15.9 Å². The van der Waals surface area contributed by atoms with E-state index in [1.165, 1.54) is 10.9 Å². The number of carboxylic acid groups (broad SMARTS) is 1. The van der Waals surface area contributed by atoms with Gasteiger partial charge in [0, 0.05) is 10.7 Å². The second-order valence-corrected chi connectivity index (χ2v) is 4.47.